The van der Waals surface area contributed by atoms with E-state index in [1.165, 1.54) is 0 Å². The van der Waals surface area contributed by atoms with E-state index in [0.717, 1.165) is 6.42 Å². The standard InChI is InChI=1S/C9H20N2O2S/c1-4-7-14(12,13)11-6-5-8(10)9(11,2)3/h8H,4-7,10H2,1-3H3. The number of sulfonamides is 1. The highest BCUT2D eigenvalue weighted by atomic mass is 32.2. The molecule has 84 valence electrons. The van der Waals surface area contributed by atoms with E-state index in [9.17, 15) is 8.42 Å². The number of rotatable bonds is 3. The van der Waals surface area contributed by atoms with E-state index in [-0.39, 0.29) is 11.8 Å². The van der Waals surface area contributed by atoms with Gasteiger partial charge in [-0.15, -0.1) is 0 Å². The summed E-state index contributed by atoms with van der Waals surface area (Å²) in [6.45, 7) is 6.24. The van der Waals surface area contributed by atoms with Crippen molar-refractivity contribution < 1.29 is 8.42 Å². The molecule has 1 aliphatic heterocycles. The second-order valence-corrected chi connectivity index (χ2v) is 6.45. The minimum atomic E-state index is -3.10. The van der Waals surface area contributed by atoms with Crippen molar-refractivity contribution in [2.75, 3.05) is 12.3 Å². The molecule has 1 saturated heterocycles. The van der Waals surface area contributed by atoms with Gasteiger partial charge < -0.3 is 5.73 Å². The van der Waals surface area contributed by atoms with E-state index in [4.69, 9.17) is 5.73 Å². The first-order chi connectivity index (χ1) is 6.32. The van der Waals surface area contributed by atoms with Gasteiger partial charge in [-0.1, -0.05) is 6.92 Å². The van der Waals surface area contributed by atoms with Crippen LogP contribution in [-0.4, -0.2) is 36.6 Å². The van der Waals surface area contributed by atoms with Gasteiger partial charge >= 0.3 is 0 Å². The molecule has 1 unspecified atom stereocenters. The van der Waals surface area contributed by atoms with E-state index in [1.807, 2.05) is 20.8 Å². The second kappa shape index (κ2) is 3.79. The molecule has 0 aromatic carbocycles. The minimum Gasteiger partial charge on any atom is -0.326 e. The number of hydrogen-bond acceptors (Lipinski definition) is 3. The Labute approximate surface area is 86.5 Å². The molecule has 0 aromatic heterocycles. The third kappa shape index (κ3) is 1.94. The molecule has 1 rings (SSSR count). The zero-order valence-electron chi connectivity index (χ0n) is 9.16. The molecule has 1 atom stereocenters. The van der Waals surface area contributed by atoms with Crippen molar-refractivity contribution in [1.82, 2.24) is 4.31 Å². The molecule has 1 heterocycles. The molecule has 0 aromatic rings. The molecule has 0 amide bonds. The number of nitrogens with two attached hydrogens (primary N) is 1. The Balaban J connectivity index is 2.90. The number of nitrogens with zero attached hydrogens (tertiary/aromatic N) is 1. The Morgan fingerprint density at radius 3 is 2.43 bits per heavy atom. The summed E-state index contributed by atoms with van der Waals surface area (Å²) in [5.41, 5.74) is 5.47. The molecule has 1 aliphatic rings. The maximum absolute atomic E-state index is 11.9. The summed E-state index contributed by atoms with van der Waals surface area (Å²) in [6.07, 6.45) is 1.42. The van der Waals surface area contributed by atoms with Crippen LogP contribution < -0.4 is 5.73 Å². The normalized spacial score (nSPS) is 28.1. The van der Waals surface area contributed by atoms with E-state index >= 15 is 0 Å². The highest BCUT2D eigenvalue weighted by Gasteiger charge is 2.44. The topological polar surface area (TPSA) is 63.4 Å². The second-order valence-electron chi connectivity index (χ2n) is 4.44. The van der Waals surface area contributed by atoms with E-state index in [1.54, 1.807) is 4.31 Å². The first-order valence-corrected chi connectivity index (χ1v) is 6.69. The molecule has 14 heavy (non-hydrogen) atoms. The van der Waals surface area contributed by atoms with Crippen LogP contribution in [0.3, 0.4) is 0 Å². The SMILES string of the molecule is CCCS(=O)(=O)N1CCC(N)C1(C)C. The molecular weight excluding hydrogens is 200 g/mol. The average molecular weight is 220 g/mol. The third-order valence-electron chi connectivity index (χ3n) is 2.99. The van der Waals surface area contributed by atoms with Crippen LogP contribution in [0.2, 0.25) is 0 Å². The predicted molar refractivity (Wildman–Crippen MR) is 57.5 cm³/mol. The lowest BCUT2D eigenvalue weighted by Gasteiger charge is -2.33. The molecule has 1 fully saturated rings. The first kappa shape index (κ1) is 11.9. The lowest BCUT2D eigenvalue weighted by atomic mass is 9.98. The lowest BCUT2D eigenvalue weighted by Crippen LogP contribution is -2.51. The van der Waals surface area contributed by atoms with Gasteiger partial charge in [0.05, 0.1) is 5.75 Å². The maximum atomic E-state index is 11.9. The molecule has 0 spiro atoms. The average Bonchev–Trinajstić information content (AvgIpc) is 2.27. The van der Waals surface area contributed by atoms with E-state index in [2.05, 4.69) is 0 Å². The minimum absolute atomic E-state index is 0.0471. The molecule has 5 heteroatoms. The highest BCUT2D eigenvalue weighted by molar-refractivity contribution is 7.89. The molecule has 4 nitrogen and oxygen atoms in total. The monoisotopic (exact) mass is 220 g/mol. The Kier molecular flexibility index (Phi) is 3.23. The Morgan fingerprint density at radius 2 is 2.07 bits per heavy atom. The molecular formula is C9H20N2O2S. The van der Waals surface area contributed by atoms with Crippen LogP contribution in [0.15, 0.2) is 0 Å². The lowest BCUT2D eigenvalue weighted by molar-refractivity contribution is 0.270. The van der Waals surface area contributed by atoms with Gasteiger partial charge in [-0.25, -0.2) is 8.42 Å². The Hall–Kier alpha value is -0.130. The highest BCUT2D eigenvalue weighted by Crippen LogP contribution is 2.30. The van der Waals surface area contributed by atoms with Crippen LogP contribution in [0.4, 0.5) is 0 Å². The third-order valence-corrected chi connectivity index (χ3v) is 5.24. The molecule has 0 aliphatic carbocycles. The van der Waals surface area contributed by atoms with Gasteiger partial charge in [0.1, 0.15) is 0 Å². The quantitative estimate of drug-likeness (QED) is 0.755. The smallest absolute Gasteiger partial charge is 0.214 e. The van der Waals surface area contributed by atoms with Gasteiger partial charge in [0.2, 0.25) is 10.0 Å². The van der Waals surface area contributed by atoms with Gasteiger partial charge in [0.25, 0.3) is 0 Å². The van der Waals surface area contributed by atoms with Gasteiger partial charge in [-0.2, -0.15) is 4.31 Å². The van der Waals surface area contributed by atoms with Crippen molar-refractivity contribution in [2.45, 2.75) is 45.2 Å². The fourth-order valence-electron chi connectivity index (χ4n) is 1.95. The van der Waals surface area contributed by atoms with Crippen molar-refractivity contribution in [3.05, 3.63) is 0 Å². The van der Waals surface area contributed by atoms with Crippen molar-refractivity contribution in [3.63, 3.8) is 0 Å². The number of hydrogen-bond donors (Lipinski definition) is 1. The van der Waals surface area contributed by atoms with Crippen LogP contribution in [0.25, 0.3) is 0 Å². The van der Waals surface area contributed by atoms with Crippen molar-refractivity contribution in [1.29, 1.82) is 0 Å². The fourth-order valence-corrected chi connectivity index (χ4v) is 3.92. The van der Waals surface area contributed by atoms with Crippen LogP contribution >= 0.6 is 0 Å². The summed E-state index contributed by atoms with van der Waals surface area (Å²) in [6, 6.07) is -0.0471. The van der Waals surface area contributed by atoms with Crippen LogP contribution in [0.1, 0.15) is 33.6 Å². The van der Waals surface area contributed by atoms with Crippen LogP contribution in [0.5, 0.6) is 0 Å². The summed E-state index contributed by atoms with van der Waals surface area (Å²) in [5.74, 6) is 0.225. The first-order valence-electron chi connectivity index (χ1n) is 5.08. The predicted octanol–water partition coefficient (Wildman–Crippen LogP) is 0.538. The van der Waals surface area contributed by atoms with Gasteiger partial charge in [0.15, 0.2) is 0 Å². The van der Waals surface area contributed by atoms with Crippen molar-refractivity contribution in [2.24, 2.45) is 5.73 Å². The Morgan fingerprint density at radius 1 is 1.50 bits per heavy atom. The van der Waals surface area contributed by atoms with Gasteiger partial charge in [0, 0.05) is 18.1 Å². The summed E-state index contributed by atoms with van der Waals surface area (Å²) >= 11 is 0. The summed E-state index contributed by atoms with van der Waals surface area (Å²) < 4.78 is 25.3. The molecule has 0 saturated carbocycles. The summed E-state index contributed by atoms with van der Waals surface area (Å²) in [7, 11) is -3.10. The van der Waals surface area contributed by atoms with Gasteiger partial charge in [-0.05, 0) is 26.7 Å². The van der Waals surface area contributed by atoms with E-state index < -0.39 is 15.6 Å². The summed E-state index contributed by atoms with van der Waals surface area (Å²) in [4.78, 5) is 0. The van der Waals surface area contributed by atoms with E-state index in [0.29, 0.717) is 13.0 Å². The summed E-state index contributed by atoms with van der Waals surface area (Å²) in [5, 5.41) is 0. The van der Waals surface area contributed by atoms with Crippen molar-refractivity contribution in [3.8, 4) is 0 Å². The van der Waals surface area contributed by atoms with Gasteiger partial charge in [-0.3, -0.25) is 0 Å². The fraction of sp³-hybridized carbons (Fsp3) is 1.00. The van der Waals surface area contributed by atoms with Crippen LogP contribution in [-0.2, 0) is 10.0 Å². The Bertz CT molecular complexity index is 298. The molecule has 0 radical (unpaired) electrons. The molecule has 2 N–H and O–H groups in total. The zero-order chi connectivity index (χ0) is 11.0. The van der Waals surface area contributed by atoms with Crippen molar-refractivity contribution >= 4 is 10.0 Å². The van der Waals surface area contributed by atoms with Crippen LogP contribution in [0, 0.1) is 0 Å². The largest absolute Gasteiger partial charge is 0.326 e. The molecule has 0 bridgehead atoms. The maximum Gasteiger partial charge on any atom is 0.214 e. The zero-order valence-corrected chi connectivity index (χ0v) is 9.97.